The second kappa shape index (κ2) is 8.14. The SMILES string of the molecule is CCOc1ccc(Br)cc1C(=O)Nc1ccc2c(c1)C(=O)N(CC(C)C)C2=O. The number of fused-ring (bicyclic) bond motifs is 1. The number of benzene rings is 2. The highest BCUT2D eigenvalue weighted by Gasteiger charge is 2.35. The van der Waals surface area contributed by atoms with Gasteiger partial charge in [0.1, 0.15) is 5.75 Å². The third kappa shape index (κ3) is 3.94. The van der Waals surface area contributed by atoms with Crippen molar-refractivity contribution >= 4 is 39.3 Å². The third-order valence-electron chi connectivity index (χ3n) is 4.26. The highest BCUT2D eigenvalue weighted by molar-refractivity contribution is 9.10. The van der Waals surface area contributed by atoms with Crippen molar-refractivity contribution in [3.05, 3.63) is 57.6 Å². The minimum atomic E-state index is -0.361. The van der Waals surface area contributed by atoms with Crippen LogP contribution >= 0.6 is 15.9 Å². The molecule has 0 saturated heterocycles. The first kappa shape index (κ1) is 20.1. The molecule has 2 aromatic rings. The standard InChI is InChI=1S/C21H21BrN2O4/c1-4-28-18-8-5-13(22)9-17(18)19(25)23-14-6-7-15-16(10-14)21(27)24(20(15)26)11-12(2)3/h5-10,12H,4,11H2,1-3H3,(H,23,25). The number of hydrogen-bond donors (Lipinski definition) is 1. The van der Waals surface area contributed by atoms with Crippen LogP contribution in [-0.4, -0.2) is 35.8 Å². The molecule has 0 atom stereocenters. The minimum Gasteiger partial charge on any atom is -0.493 e. The second-order valence-corrected chi connectivity index (χ2v) is 7.82. The average molecular weight is 445 g/mol. The van der Waals surface area contributed by atoms with Crippen LogP contribution < -0.4 is 10.1 Å². The zero-order chi connectivity index (χ0) is 20.4. The van der Waals surface area contributed by atoms with Gasteiger partial charge in [-0.3, -0.25) is 19.3 Å². The molecule has 6 nitrogen and oxygen atoms in total. The summed E-state index contributed by atoms with van der Waals surface area (Å²) >= 11 is 3.36. The number of nitrogens with zero attached hydrogens (tertiary/aromatic N) is 1. The highest BCUT2D eigenvalue weighted by Crippen LogP contribution is 2.28. The van der Waals surface area contributed by atoms with Gasteiger partial charge in [0.05, 0.1) is 23.3 Å². The van der Waals surface area contributed by atoms with Gasteiger partial charge in [-0.2, -0.15) is 0 Å². The van der Waals surface area contributed by atoms with Crippen molar-refractivity contribution in [1.29, 1.82) is 0 Å². The first-order valence-corrected chi connectivity index (χ1v) is 9.85. The normalized spacial score (nSPS) is 13.1. The maximum absolute atomic E-state index is 12.7. The van der Waals surface area contributed by atoms with Gasteiger partial charge in [-0.1, -0.05) is 29.8 Å². The maximum atomic E-state index is 12.7. The van der Waals surface area contributed by atoms with Gasteiger partial charge in [-0.15, -0.1) is 0 Å². The Bertz CT molecular complexity index is 955. The summed E-state index contributed by atoms with van der Waals surface area (Å²) < 4.78 is 6.27. The van der Waals surface area contributed by atoms with Crippen molar-refractivity contribution in [3.8, 4) is 5.75 Å². The number of ether oxygens (including phenoxy) is 1. The Hall–Kier alpha value is -2.67. The fourth-order valence-corrected chi connectivity index (χ4v) is 3.42. The summed E-state index contributed by atoms with van der Waals surface area (Å²) in [5.74, 6) is -0.339. The molecule has 146 valence electrons. The minimum absolute atomic E-state index is 0.176. The monoisotopic (exact) mass is 444 g/mol. The Morgan fingerprint density at radius 3 is 2.50 bits per heavy atom. The molecular weight excluding hydrogens is 424 g/mol. The van der Waals surface area contributed by atoms with Crippen molar-refractivity contribution in [2.75, 3.05) is 18.5 Å². The van der Waals surface area contributed by atoms with Gasteiger partial charge < -0.3 is 10.1 Å². The van der Waals surface area contributed by atoms with Crippen LogP contribution in [0.3, 0.4) is 0 Å². The highest BCUT2D eigenvalue weighted by atomic mass is 79.9. The van der Waals surface area contributed by atoms with E-state index in [9.17, 15) is 14.4 Å². The number of imide groups is 1. The molecule has 0 unspecified atom stereocenters. The molecule has 1 N–H and O–H groups in total. The van der Waals surface area contributed by atoms with Crippen LogP contribution in [0, 0.1) is 5.92 Å². The average Bonchev–Trinajstić information content (AvgIpc) is 2.87. The zero-order valence-corrected chi connectivity index (χ0v) is 17.5. The van der Waals surface area contributed by atoms with Crippen LogP contribution in [0.4, 0.5) is 5.69 Å². The topological polar surface area (TPSA) is 75.7 Å². The van der Waals surface area contributed by atoms with E-state index in [-0.39, 0.29) is 23.6 Å². The molecule has 7 heteroatoms. The Labute approximate surface area is 172 Å². The first-order chi connectivity index (χ1) is 13.3. The van der Waals surface area contributed by atoms with Crippen molar-refractivity contribution in [2.24, 2.45) is 5.92 Å². The van der Waals surface area contributed by atoms with Crippen LogP contribution in [0.2, 0.25) is 0 Å². The zero-order valence-electron chi connectivity index (χ0n) is 15.9. The lowest BCUT2D eigenvalue weighted by molar-refractivity contribution is 0.0636. The summed E-state index contributed by atoms with van der Waals surface area (Å²) in [5.41, 5.74) is 1.49. The maximum Gasteiger partial charge on any atom is 0.261 e. The molecule has 28 heavy (non-hydrogen) atoms. The molecule has 3 rings (SSSR count). The van der Waals surface area contributed by atoms with Crippen molar-refractivity contribution < 1.29 is 19.1 Å². The molecule has 0 aromatic heterocycles. The molecule has 3 amide bonds. The van der Waals surface area contributed by atoms with Gasteiger partial charge >= 0.3 is 0 Å². The van der Waals surface area contributed by atoms with E-state index in [1.165, 1.54) is 4.90 Å². The van der Waals surface area contributed by atoms with Crippen molar-refractivity contribution in [1.82, 2.24) is 4.90 Å². The largest absolute Gasteiger partial charge is 0.493 e. The number of carbonyl (C=O) groups excluding carboxylic acids is 3. The molecule has 1 aliphatic rings. The molecule has 1 heterocycles. The lowest BCUT2D eigenvalue weighted by atomic mass is 10.1. The molecule has 0 fully saturated rings. The van der Waals surface area contributed by atoms with E-state index in [1.807, 2.05) is 20.8 Å². The molecule has 0 aliphatic carbocycles. The molecule has 2 aromatic carbocycles. The lowest BCUT2D eigenvalue weighted by Gasteiger charge is -2.15. The van der Waals surface area contributed by atoms with E-state index in [2.05, 4.69) is 21.2 Å². The number of halogens is 1. The number of amides is 3. The van der Waals surface area contributed by atoms with Crippen LogP contribution in [0.15, 0.2) is 40.9 Å². The second-order valence-electron chi connectivity index (χ2n) is 6.90. The number of nitrogens with one attached hydrogen (secondary N) is 1. The Balaban J connectivity index is 1.86. The fourth-order valence-electron chi connectivity index (χ4n) is 3.06. The molecule has 0 saturated carbocycles. The van der Waals surface area contributed by atoms with Gasteiger partial charge in [-0.25, -0.2) is 0 Å². The van der Waals surface area contributed by atoms with Gasteiger partial charge in [0.25, 0.3) is 17.7 Å². The number of hydrogen-bond acceptors (Lipinski definition) is 4. The molecule has 0 radical (unpaired) electrons. The fraction of sp³-hybridized carbons (Fsp3) is 0.286. The van der Waals surface area contributed by atoms with Gasteiger partial charge in [0.2, 0.25) is 0 Å². The number of anilines is 1. The summed E-state index contributed by atoms with van der Waals surface area (Å²) in [7, 11) is 0. The smallest absolute Gasteiger partial charge is 0.261 e. The number of carbonyl (C=O) groups is 3. The van der Waals surface area contributed by atoms with Crippen LogP contribution in [-0.2, 0) is 0 Å². The van der Waals surface area contributed by atoms with E-state index < -0.39 is 0 Å². The van der Waals surface area contributed by atoms with Gasteiger partial charge in [0, 0.05) is 16.7 Å². The van der Waals surface area contributed by atoms with E-state index in [4.69, 9.17) is 4.74 Å². The van der Waals surface area contributed by atoms with Gasteiger partial charge in [0.15, 0.2) is 0 Å². The first-order valence-electron chi connectivity index (χ1n) is 9.05. The Morgan fingerprint density at radius 1 is 1.11 bits per heavy atom. The summed E-state index contributed by atoms with van der Waals surface area (Å²) in [4.78, 5) is 39.0. The number of rotatable bonds is 6. The van der Waals surface area contributed by atoms with Gasteiger partial charge in [-0.05, 0) is 49.2 Å². The Morgan fingerprint density at radius 2 is 1.82 bits per heavy atom. The predicted octanol–water partition coefficient (Wildman–Crippen LogP) is 4.35. The summed E-state index contributed by atoms with van der Waals surface area (Å²) in [6.07, 6.45) is 0. The van der Waals surface area contributed by atoms with Crippen LogP contribution in [0.5, 0.6) is 5.75 Å². The molecular formula is C21H21BrN2O4. The van der Waals surface area contributed by atoms with Crippen LogP contribution in [0.1, 0.15) is 51.8 Å². The predicted molar refractivity (Wildman–Crippen MR) is 110 cm³/mol. The van der Waals surface area contributed by atoms with Crippen LogP contribution in [0.25, 0.3) is 0 Å². The van der Waals surface area contributed by atoms with Crippen molar-refractivity contribution in [2.45, 2.75) is 20.8 Å². The summed E-state index contributed by atoms with van der Waals surface area (Å²) in [5, 5.41) is 2.78. The molecule has 0 bridgehead atoms. The van der Waals surface area contributed by atoms with E-state index >= 15 is 0 Å². The molecule has 1 aliphatic heterocycles. The Kier molecular flexibility index (Phi) is 5.84. The van der Waals surface area contributed by atoms with Crippen molar-refractivity contribution in [3.63, 3.8) is 0 Å². The lowest BCUT2D eigenvalue weighted by Crippen LogP contribution is -2.33. The van der Waals surface area contributed by atoms with E-state index in [0.29, 0.717) is 41.3 Å². The van der Waals surface area contributed by atoms with E-state index in [1.54, 1.807) is 36.4 Å². The summed E-state index contributed by atoms with van der Waals surface area (Å²) in [6.45, 7) is 6.54. The summed E-state index contributed by atoms with van der Waals surface area (Å²) in [6, 6.07) is 9.94. The third-order valence-corrected chi connectivity index (χ3v) is 4.76. The van der Waals surface area contributed by atoms with E-state index in [0.717, 1.165) is 4.47 Å². The quantitative estimate of drug-likeness (QED) is 0.671. The molecule has 0 spiro atoms.